The van der Waals surface area contributed by atoms with Gasteiger partial charge in [-0.15, -0.1) is 0 Å². The van der Waals surface area contributed by atoms with Crippen LogP contribution in [0.3, 0.4) is 0 Å². The summed E-state index contributed by atoms with van der Waals surface area (Å²) in [5.74, 6) is 1.07. The molecule has 1 aliphatic heterocycles. The van der Waals surface area contributed by atoms with Crippen LogP contribution in [0.4, 0.5) is 9.18 Å². The minimum Gasteiger partial charge on any atom is -0.493 e. The van der Waals surface area contributed by atoms with Gasteiger partial charge in [0.25, 0.3) is 0 Å². The van der Waals surface area contributed by atoms with Crippen molar-refractivity contribution in [3.05, 3.63) is 65.5 Å². The molecule has 34 heavy (non-hydrogen) atoms. The fourth-order valence-corrected chi connectivity index (χ4v) is 4.62. The van der Waals surface area contributed by atoms with Crippen molar-refractivity contribution in [2.45, 2.75) is 71.1 Å². The Morgan fingerprint density at radius 3 is 2.41 bits per heavy atom. The lowest BCUT2D eigenvalue weighted by molar-refractivity contribution is 0.161. The van der Waals surface area contributed by atoms with E-state index in [1.54, 1.807) is 12.1 Å². The molecular weight excluding hydrogens is 429 g/mol. The second kappa shape index (κ2) is 11.7. The van der Waals surface area contributed by atoms with Crippen LogP contribution in [0.5, 0.6) is 5.75 Å². The molecule has 0 unspecified atom stereocenters. The average Bonchev–Trinajstić information content (AvgIpc) is 3.68. The van der Waals surface area contributed by atoms with Crippen molar-refractivity contribution in [2.75, 3.05) is 19.7 Å². The number of carbonyl (C=O) groups excluding carboxylic acids is 1. The highest BCUT2D eigenvalue weighted by Crippen LogP contribution is 2.30. The number of ether oxygens (including phenoxy) is 1. The zero-order chi connectivity index (χ0) is 23.9. The van der Waals surface area contributed by atoms with Crippen LogP contribution in [-0.2, 0) is 13.1 Å². The van der Waals surface area contributed by atoms with Crippen LogP contribution in [0.15, 0.2) is 48.5 Å². The summed E-state index contributed by atoms with van der Waals surface area (Å²) in [5, 5.41) is 3.12. The molecule has 0 bridgehead atoms. The second-order valence-corrected chi connectivity index (χ2v) is 10.1. The molecule has 2 aliphatic rings. The smallest absolute Gasteiger partial charge is 0.318 e. The van der Waals surface area contributed by atoms with Crippen LogP contribution in [0, 0.1) is 11.7 Å². The Kier molecular flexibility index (Phi) is 8.44. The first-order chi connectivity index (χ1) is 16.5. The van der Waals surface area contributed by atoms with Gasteiger partial charge in [0.05, 0.1) is 6.61 Å². The number of amides is 2. The number of hydrogen-bond acceptors (Lipinski definition) is 3. The highest BCUT2D eigenvalue weighted by atomic mass is 19.1. The predicted octanol–water partition coefficient (Wildman–Crippen LogP) is 5.59. The van der Waals surface area contributed by atoms with Gasteiger partial charge in [0.15, 0.2) is 0 Å². The summed E-state index contributed by atoms with van der Waals surface area (Å²) in [6.45, 7) is 8.05. The summed E-state index contributed by atoms with van der Waals surface area (Å²) in [4.78, 5) is 17.9. The molecule has 0 aromatic heterocycles. The van der Waals surface area contributed by atoms with Crippen LogP contribution >= 0.6 is 0 Å². The Balaban J connectivity index is 1.39. The van der Waals surface area contributed by atoms with E-state index in [1.165, 1.54) is 25.0 Å². The van der Waals surface area contributed by atoms with Crippen molar-refractivity contribution in [2.24, 2.45) is 5.92 Å². The Morgan fingerprint density at radius 1 is 1.03 bits per heavy atom. The maximum Gasteiger partial charge on any atom is 0.318 e. The van der Waals surface area contributed by atoms with Gasteiger partial charge < -0.3 is 19.9 Å². The summed E-state index contributed by atoms with van der Waals surface area (Å²) in [7, 11) is 0. The normalized spacial score (nSPS) is 19.0. The monoisotopic (exact) mass is 467 g/mol. The largest absolute Gasteiger partial charge is 0.493 e. The van der Waals surface area contributed by atoms with Gasteiger partial charge in [-0.1, -0.05) is 38.1 Å². The Morgan fingerprint density at radius 2 is 1.74 bits per heavy atom. The van der Waals surface area contributed by atoms with Crippen LogP contribution in [0.1, 0.15) is 57.1 Å². The highest BCUT2D eigenvalue weighted by molar-refractivity contribution is 5.74. The number of carbonyl (C=O) groups is 1. The first kappa shape index (κ1) is 24.5. The van der Waals surface area contributed by atoms with Gasteiger partial charge in [0.2, 0.25) is 0 Å². The number of nitrogens with zero attached hydrogens (tertiary/aromatic N) is 2. The maximum absolute atomic E-state index is 13.4. The number of hydrogen-bond donors (Lipinski definition) is 1. The fourth-order valence-electron chi connectivity index (χ4n) is 4.62. The summed E-state index contributed by atoms with van der Waals surface area (Å²) >= 11 is 0. The SMILES string of the molecule is CC(C)COc1ccc(CNC(=O)N(Cc2ccc(F)cc2)[C@H]2CCCN(C3CC3)CC2)cc1. The van der Waals surface area contributed by atoms with Crippen molar-refractivity contribution in [3.8, 4) is 5.75 Å². The lowest BCUT2D eigenvalue weighted by Crippen LogP contribution is -2.46. The molecule has 2 amide bonds. The zero-order valence-electron chi connectivity index (χ0n) is 20.5. The van der Waals surface area contributed by atoms with Crippen LogP contribution < -0.4 is 10.1 Å². The van der Waals surface area contributed by atoms with E-state index in [-0.39, 0.29) is 17.9 Å². The third-order valence-corrected chi connectivity index (χ3v) is 6.71. The fraction of sp³-hybridized carbons (Fsp3) is 0.536. The molecule has 2 fully saturated rings. The first-order valence-corrected chi connectivity index (χ1v) is 12.7. The van der Waals surface area contributed by atoms with Crippen molar-refractivity contribution >= 4 is 6.03 Å². The minimum atomic E-state index is -0.255. The van der Waals surface area contributed by atoms with Gasteiger partial charge in [0, 0.05) is 31.7 Å². The molecule has 184 valence electrons. The predicted molar refractivity (Wildman–Crippen MR) is 133 cm³/mol. The number of benzene rings is 2. The summed E-state index contributed by atoms with van der Waals surface area (Å²) < 4.78 is 19.2. The summed E-state index contributed by atoms with van der Waals surface area (Å²) in [5.41, 5.74) is 1.99. The van der Waals surface area contributed by atoms with Crippen molar-refractivity contribution in [1.82, 2.24) is 15.1 Å². The standard InChI is InChI=1S/C28H38FN3O2/c1-21(2)20-34-27-13-7-22(8-14-27)18-30-28(33)32(19-23-5-9-24(29)10-6-23)26-4-3-16-31(17-15-26)25-11-12-25/h5-10,13-14,21,25-26H,3-4,11-12,15-20H2,1-2H3,(H,30,33)/t26-/m0/s1. The van der Waals surface area contributed by atoms with Gasteiger partial charge in [0.1, 0.15) is 11.6 Å². The number of likely N-dealkylation sites (tertiary alicyclic amines) is 1. The molecule has 1 heterocycles. The molecule has 2 aromatic carbocycles. The Bertz CT molecular complexity index is 912. The van der Waals surface area contributed by atoms with Crippen LogP contribution in [-0.4, -0.2) is 47.6 Å². The van der Waals surface area contributed by atoms with Gasteiger partial charge in [-0.05, 0) is 80.0 Å². The van der Waals surface area contributed by atoms with Crippen molar-refractivity contribution in [3.63, 3.8) is 0 Å². The molecular formula is C28H38FN3O2. The van der Waals surface area contributed by atoms with Gasteiger partial charge in [-0.3, -0.25) is 0 Å². The number of nitrogens with one attached hydrogen (secondary N) is 1. The molecule has 4 rings (SSSR count). The van der Waals surface area contributed by atoms with E-state index < -0.39 is 0 Å². The summed E-state index contributed by atoms with van der Waals surface area (Å²) in [6, 6.07) is 15.3. The maximum atomic E-state index is 13.4. The van der Waals surface area contributed by atoms with E-state index in [0.29, 0.717) is 25.6 Å². The molecule has 0 spiro atoms. The second-order valence-electron chi connectivity index (χ2n) is 10.1. The molecule has 2 aromatic rings. The van der Waals surface area contributed by atoms with Gasteiger partial charge in [-0.2, -0.15) is 0 Å². The molecule has 1 saturated carbocycles. The lowest BCUT2D eigenvalue weighted by atomic mass is 10.1. The van der Waals surface area contributed by atoms with E-state index in [2.05, 4.69) is 24.1 Å². The van der Waals surface area contributed by atoms with E-state index in [0.717, 1.165) is 55.3 Å². The minimum absolute atomic E-state index is 0.0608. The first-order valence-electron chi connectivity index (χ1n) is 12.7. The third kappa shape index (κ3) is 7.20. The Labute approximate surface area is 203 Å². The summed E-state index contributed by atoms with van der Waals surface area (Å²) in [6.07, 6.45) is 5.70. The topological polar surface area (TPSA) is 44.8 Å². The zero-order valence-corrected chi connectivity index (χ0v) is 20.5. The van der Waals surface area contributed by atoms with Crippen molar-refractivity contribution < 1.29 is 13.9 Å². The number of halogens is 1. The molecule has 1 saturated heterocycles. The molecule has 6 heteroatoms. The Hall–Kier alpha value is -2.60. The number of urea groups is 1. The van der Waals surface area contributed by atoms with Gasteiger partial charge >= 0.3 is 6.03 Å². The van der Waals surface area contributed by atoms with E-state index in [4.69, 9.17) is 4.74 Å². The van der Waals surface area contributed by atoms with E-state index >= 15 is 0 Å². The molecule has 0 radical (unpaired) electrons. The van der Waals surface area contributed by atoms with Crippen LogP contribution in [0.25, 0.3) is 0 Å². The highest BCUT2D eigenvalue weighted by Gasteiger charge is 2.32. The van der Waals surface area contributed by atoms with Crippen LogP contribution in [0.2, 0.25) is 0 Å². The number of rotatable bonds is 9. The molecule has 1 aliphatic carbocycles. The van der Waals surface area contributed by atoms with Crippen molar-refractivity contribution in [1.29, 1.82) is 0 Å². The average molecular weight is 468 g/mol. The molecule has 1 atom stereocenters. The molecule has 5 nitrogen and oxygen atoms in total. The van der Waals surface area contributed by atoms with E-state index in [1.807, 2.05) is 29.2 Å². The quantitative estimate of drug-likeness (QED) is 0.523. The third-order valence-electron chi connectivity index (χ3n) is 6.71. The lowest BCUT2D eigenvalue weighted by Gasteiger charge is -2.32. The molecule has 1 N–H and O–H groups in total. The van der Waals surface area contributed by atoms with Gasteiger partial charge in [-0.25, -0.2) is 9.18 Å². The van der Waals surface area contributed by atoms with E-state index in [9.17, 15) is 9.18 Å².